The second-order valence-electron chi connectivity index (χ2n) is 6.37. The van der Waals surface area contributed by atoms with Gasteiger partial charge in [0.25, 0.3) is 0 Å². The van der Waals surface area contributed by atoms with Crippen LogP contribution in [-0.2, 0) is 6.42 Å². The second kappa shape index (κ2) is 8.50. The van der Waals surface area contributed by atoms with Crippen LogP contribution in [0.3, 0.4) is 0 Å². The van der Waals surface area contributed by atoms with Crippen LogP contribution in [0.25, 0.3) is 0 Å². The number of hydrogen-bond acceptors (Lipinski definition) is 2. The fraction of sp³-hybridized carbons (Fsp3) is 0.667. The summed E-state index contributed by atoms with van der Waals surface area (Å²) >= 11 is 0. The normalized spacial score (nSPS) is 24.0. The fourth-order valence-electron chi connectivity index (χ4n) is 2.88. The minimum Gasteiger partial charge on any atom is -0.298 e. The molecule has 0 aliphatic carbocycles. The molecule has 118 valence electrons. The standard InChI is InChI=1S/C18H29FN2/c1-3-5-17(19)7-4-6-15-8-10-16(11-9-15)18-20-12-14(2)13-21-18/h8-11,14,17-18,20-21H,3-7,12-13H2,1-2H3. The van der Waals surface area contributed by atoms with Crippen molar-refractivity contribution in [1.82, 2.24) is 10.6 Å². The molecule has 0 aromatic heterocycles. The maximum Gasteiger partial charge on any atom is 0.100 e. The zero-order valence-electron chi connectivity index (χ0n) is 13.4. The van der Waals surface area contributed by atoms with Gasteiger partial charge in [0.1, 0.15) is 6.17 Å². The van der Waals surface area contributed by atoms with Gasteiger partial charge in [0, 0.05) is 13.1 Å². The Kier molecular flexibility index (Phi) is 6.65. The summed E-state index contributed by atoms with van der Waals surface area (Å²) in [5, 5.41) is 7.03. The molecule has 2 N–H and O–H groups in total. The van der Waals surface area contributed by atoms with Crippen LogP contribution < -0.4 is 10.6 Å². The largest absolute Gasteiger partial charge is 0.298 e. The first-order valence-corrected chi connectivity index (χ1v) is 8.38. The Morgan fingerprint density at radius 1 is 1.14 bits per heavy atom. The lowest BCUT2D eigenvalue weighted by molar-refractivity contribution is 0.288. The van der Waals surface area contributed by atoms with Gasteiger partial charge in [0.15, 0.2) is 0 Å². The first kappa shape index (κ1) is 16.4. The Balaban J connectivity index is 1.76. The van der Waals surface area contributed by atoms with Gasteiger partial charge in [-0.25, -0.2) is 4.39 Å². The van der Waals surface area contributed by atoms with Crippen molar-refractivity contribution in [1.29, 1.82) is 0 Å². The number of hydrogen-bond donors (Lipinski definition) is 2. The molecule has 2 nitrogen and oxygen atoms in total. The monoisotopic (exact) mass is 292 g/mol. The van der Waals surface area contributed by atoms with Crippen LogP contribution in [-0.4, -0.2) is 19.3 Å². The molecule has 0 spiro atoms. The molecule has 1 fully saturated rings. The van der Waals surface area contributed by atoms with Crippen LogP contribution in [0.5, 0.6) is 0 Å². The van der Waals surface area contributed by atoms with Crippen molar-refractivity contribution < 1.29 is 4.39 Å². The minimum atomic E-state index is -0.619. The molecular formula is C18H29FN2. The highest BCUT2D eigenvalue weighted by atomic mass is 19.1. The first-order valence-electron chi connectivity index (χ1n) is 8.38. The SMILES string of the molecule is CCCC(F)CCCc1ccc(C2NCC(C)CN2)cc1. The number of halogens is 1. The van der Waals surface area contributed by atoms with Gasteiger partial charge in [-0.15, -0.1) is 0 Å². The predicted molar refractivity (Wildman–Crippen MR) is 87.1 cm³/mol. The van der Waals surface area contributed by atoms with E-state index in [0.717, 1.165) is 32.4 Å². The average molecular weight is 292 g/mol. The summed E-state index contributed by atoms with van der Waals surface area (Å²) in [4.78, 5) is 0. The molecule has 1 aliphatic heterocycles. The van der Waals surface area contributed by atoms with Crippen LogP contribution >= 0.6 is 0 Å². The van der Waals surface area contributed by atoms with E-state index in [1.54, 1.807) is 0 Å². The molecule has 1 aromatic carbocycles. The minimum absolute atomic E-state index is 0.273. The van der Waals surface area contributed by atoms with Crippen molar-refractivity contribution in [3.05, 3.63) is 35.4 Å². The molecule has 0 saturated carbocycles. The fourth-order valence-corrected chi connectivity index (χ4v) is 2.88. The van der Waals surface area contributed by atoms with E-state index in [1.165, 1.54) is 11.1 Å². The zero-order valence-corrected chi connectivity index (χ0v) is 13.4. The first-order chi connectivity index (χ1) is 10.2. The van der Waals surface area contributed by atoms with Gasteiger partial charge >= 0.3 is 0 Å². The average Bonchev–Trinajstić information content (AvgIpc) is 2.49. The molecule has 21 heavy (non-hydrogen) atoms. The summed E-state index contributed by atoms with van der Waals surface area (Å²) in [5.74, 6) is 0.692. The summed E-state index contributed by atoms with van der Waals surface area (Å²) in [6.45, 7) is 6.42. The lowest BCUT2D eigenvalue weighted by atomic mass is 10.0. The number of rotatable bonds is 7. The highest BCUT2D eigenvalue weighted by Crippen LogP contribution is 2.17. The third-order valence-corrected chi connectivity index (χ3v) is 4.24. The number of benzene rings is 1. The van der Waals surface area contributed by atoms with Gasteiger partial charge in [-0.3, -0.25) is 10.6 Å². The molecule has 2 rings (SSSR count). The van der Waals surface area contributed by atoms with Gasteiger partial charge in [0.05, 0.1) is 6.17 Å². The number of nitrogens with one attached hydrogen (secondary N) is 2. The predicted octanol–water partition coefficient (Wildman–Crippen LogP) is 3.98. The van der Waals surface area contributed by atoms with Gasteiger partial charge in [-0.1, -0.05) is 44.5 Å². The van der Waals surface area contributed by atoms with Gasteiger partial charge in [0.2, 0.25) is 0 Å². The smallest absolute Gasteiger partial charge is 0.100 e. The third kappa shape index (κ3) is 5.40. The molecule has 1 unspecified atom stereocenters. The topological polar surface area (TPSA) is 24.1 Å². The van der Waals surface area contributed by atoms with Gasteiger partial charge < -0.3 is 0 Å². The van der Waals surface area contributed by atoms with Gasteiger partial charge in [-0.2, -0.15) is 0 Å². The molecule has 3 heteroatoms. The van der Waals surface area contributed by atoms with Crippen molar-refractivity contribution in [2.24, 2.45) is 5.92 Å². The zero-order chi connectivity index (χ0) is 15.1. The van der Waals surface area contributed by atoms with E-state index < -0.39 is 6.17 Å². The lowest BCUT2D eigenvalue weighted by Crippen LogP contribution is -2.45. The summed E-state index contributed by atoms with van der Waals surface area (Å²) in [6, 6.07) is 8.75. The molecule has 1 heterocycles. The summed E-state index contributed by atoms with van der Waals surface area (Å²) in [6.07, 6.45) is 3.91. The summed E-state index contributed by atoms with van der Waals surface area (Å²) in [5.41, 5.74) is 2.60. The van der Waals surface area contributed by atoms with Crippen molar-refractivity contribution >= 4 is 0 Å². The van der Waals surface area contributed by atoms with Crippen molar-refractivity contribution in [2.45, 2.75) is 58.3 Å². The van der Waals surface area contributed by atoms with Crippen molar-refractivity contribution in [2.75, 3.05) is 13.1 Å². The molecule has 0 radical (unpaired) electrons. The third-order valence-electron chi connectivity index (χ3n) is 4.24. The second-order valence-corrected chi connectivity index (χ2v) is 6.37. The summed E-state index contributed by atoms with van der Waals surface area (Å²) < 4.78 is 13.4. The Labute approximate surface area is 128 Å². The Bertz CT molecular complexity index is 396. The van der Waals surface area contributed by atoms with Crippen LogP contribution in [0.1, 0.15) is 56.8 Å². The maximum atomic E-state index is 13.4. The maximum absolute atomic E-state index is 13.4. The summed E-state index contributed by atoms with van der Waals surface area (Å²) in [7, 11) is 0. The molecule has 1 atom stereocenters. The van der Waals surface area contributed by atoms with E-state index in [4.69, 9.17) is 0 Å². The van der Waals surface area contributed by atoms with E-state index in [0.29, 0.717) is 18.8 Å². The lowest BCUT2D eigenvalue weighted by Gasteiger charge is -2.29. The Morgan fingerprint density at radius 2 is 1.81 bits per heavy atom. The molecular weight excluding hydrogens is 263 g/mol. The number of aryl methyl sites for hydroxylation is 1. The van der Waals surface area contributed by atoms with Crippen LogP contribution in [0.2, 0.25) is 0 Å². The molecule has 1 aromatic rings. The highest BCUT2D eigenvalue weighted by molar-refractivity contribution is 5.25. The van der Waals surface area contributed by atoms with E-state index in [1.807, 2.05) is 6.92 Å². The Morgan fingerprint density at radius 3 is 2.43 bits per heavy atom. The van der Waals surface area contributed by atoms with Crippen LogP contribution in [0.4, 0.5) is 4.39 Å². The van der Waals surface area contributed by atoms with Gasteiger partial charge in [-0.05, 0) is 42.7 Å². The molecule has 1 saturated heterocycles. The quantitative estimate of drug-likeness (QED) is 0.794. The van der Waals surface area contributed by atoms with Crippen molar-refractivity contribution in [3.8, 4) is 0 Å². The molecule has 0 amide bonds. The van der Waals surface area contributed by atoms with Crippen LogP contribution in [0, 0.1) is 5.92 Å². The number of alkyl halides is 1. The van der Waals surface area contributed by atoms with E-state index >= 15 is 0 Å². The van der Waals surface area contributed by atoms with E-state index in [2.05, 4.69) is 41.8 Å². The Hall–Kier alpha value is -0.930. The highest BCUT2D eigenvalue weighted by Gasteiger charge is 2.17. The van der Waals surface area contributed by atoms with Crippen LogP contribution in [0.15, 0.2) is 24.3 Å². The molecule has 1 aliphatic rings. The van der Waals surface area contributed by atoms with E-state index in [9.17, 15) is 4.39 Å². The molecule has 0 bridgehead atoms. The van der Waals surface area contributed by atoms with E-state index in [-0.39, 0.29) is 6.17 Å². The van der Waals surface area contributed by atoms with Crippen molar-refractivity contribution in [3.63, 3.8) is 0 Å².